The highest BCUT2D eigenvalue weighted by molar-refractivity contribution is 5.76. The second-order valence-electron chi connectivity index (χ2n) is 4.60. The van der Waals surface area contributed by atoms with Crippen LogP contribution < -0.4 is 0 Å². The van der Waals surface area contributed by atoms with Crippen molar-refractivity contribution in [2.75, 3.05) is 20.1 Å². The third-order valence-electron chi connectivity index (χ3n) is 2.90. The van der Waals surface area contributed by atoms with Crippen molar-refractivity contribution in [1.29, 1.82) is 0 Å². The quantitative estimate of drug-likeness (QED) is 0.748. The number of urea groups is 1. The molecule has 6 heteroatoms. The van der Waals surface area contributed by atoms with E-state index in [1.165, 1.54) is 4.90 Å². The number of carbonyl (C=O) groups excluding carboxylic acids is 1. The minimum Gasteiger partial charge on any atom is -0.481 e. The molecule has 2 atom stereocenters. The Morgan fingerprint density at radius 2 is 2.18 bits per heavy atom. The Morgan fingerprint density at radius 1 is 1.53 bits per heavy atom. The summed E-state index contributed by atoms with van der Waals surface area (Å²) >= 11 is 0. The molecule has 0 saturated carbocycles. The van der Waals surface area contributed by atoms with Crippen molar-refractivity contribution in [3.8, 4) is 0 Å². The van der Waals surface area contributed by atoms with Crippen molar-refractivity contribution in [3.63, 3.8) is 0 Å². The van der Waals surface area contributed by atoms with Gasteiger partial charge in [-0.15, -0.1) is 0 Å². The van der Waals surface area contributed by atoms with Crippen molar-refractivity contribution < 1.29 is 19.8 Å². The molecular weight excluding hydrogens is 224 g/mol. The highest BCUT2D eigenvalue weighted by Crippen LogP contribution is 2.21. The molecule has 2 amide bonds. The maximum Gasteiger partial charge on any atom is 0.320 e. The van der Waals surface area contributed by atoms with Crippen molar-refractivity contribution in [2.24, 2.45) is 0 Å². The molecule has 1 aliphatic heterocycles. The Kier molecular flexibility index (Phi) is 4.74. The summed E-state index contributed by atoms with van der Waals surface area (Å²) in [6.07, 6.45) is 0.991. The number of aliphatic hydroxyl groups is 1. The number of likely N-dealkylation sites (N-methyl/N-ethyl adjacent to an activating group) is 1. The van der Waals surface area contributed by atoms with Gasteiger partial charge in [-0.2, -0.15) is 0 Å². The topological polar surface area (TPSA) is 81.1 Å². The number of aliphatic carboxylic acids is 1. The third kappa shape index (κ3) is 3.89. The minimum absolute atomic E-state index is 0.00570. The maximum absolute atomic E-state index is 12.0. The SMILES string of the molecule is CC(O)CN(C)C(=O)N1CCCC1CC(=O)O. The molecule has 1 heterocycles. The lowest BCUT2D eigenvalue weighted by Gasteiger charge is -2.29. The average Bonchev–Trinajstić information content (AvgIpc) is 2.62. The number of carboxylic acids is 1. The van der Waals surface area contributed by atoms with E-state index in [0.29, 0.717) is 6.54 Å². The lowest BCUT2D eigenvalue weighted by molar-refractivity contribution is -0.138. The van der Waals surface area contributed by atoms with Crippen LogP contribution in [-0.4, -0.2) is 64.3 Å². The molecule has 0 aliphatic carbocycles. The van der Waals surface area contributed by atoms with E-state index in [-0.39, 0.29) is 25.0 Å². The van der Waals surface area contributed by atoms with E-state index >= 15 is 0 Å². The zero-order valence-corrected chi connectivity index (χ0v) is 10.3. The van der Waals surface area contributed by atoms with Crippen LogP contribution in [0.3, 0.4) is 0 Å². The Balaban J connectivity index is 2.57. The smallest absolute Gasteiger partial charge is 0.320 e. The lowest BCUT2D eigenvalue weighted by Crippen LogP contribution is -2.46. The first kappa shape index (κ1) is 13.8. The molecule has 1 saturated heterocycles. The van der Waals surface area contributed by atoms with Gasteiger partial charge in [0.15, 0.2) is 0 Å². The Labute approximate surface area is 101 Å². The normalized spacial score (nSPS) is 21.4. The van der Waals surface area contributed by atoms with E-state index in [2.05, 4.69) is 0 Å². The summed E-state index contributed by atoms with van der Waals surface area (Å²) in [5, 5.41) is 18.0. The molecule has 0 aromatic heterocycles. The van der Waals surface area contributed by atoms with Gasteiger partial charge in [0.05, 0.1) is 12.5 Å². The predicted octanol–water partition coefficient (Wildman–Crippen LogP) is 0.358. The molecule has 2 N–H and O–H groups in total. The van der Waals surface area contributed by atoms with Crippen LogP contribution in [0.15, 0.2) is 0 Å². The summed E-state index contributed by atoms with van der Waals surface area (Å²) in [7, 11) is 1.62. The summed E-state index contributed by atoms with van der Waals surface area (Å²) in [6.45, 7) is 2.47. The summed E-state index contributed by atoms with van der Waals surface area (Å²) in [6, 6.07) is -0.411. The van der Waals surface area contributed by atoms with Gasteiger partial charge in [0.25, 0.3) is 0 Å². The number of hydrogen-bond donors (Lipinski definition) is 2. The van der Waals surface area contributed by atoms with Gasteiger partial charge in [0, 0.05) is 26.2 Å². The van der Waals surface area contributed by atoms with Crippen molar-refractivity contribution in [3.05, 3.63) is 0 Å². The highest BCUT2D eigenvalue weighted by atomic mass is 16.4. The van der Waals surface area contributed by atoms with E-state index in [9.17, 15) is 14.7 Å². The van der Waals surface area contributed by atoms with Gasteiger partial charge in [0.2, 0.25) is 0 Å². The Bertz CT molecular complexity index is 293. The van der Waals surface area contributed by atoms with Gasteiger partial charge >= 0.3 is 12.0 Å². The van der Waals surface area contributed by atoms with E-state index in [4.69, 9.17) is 5.11 Å². The largest absolute Gasteiger partial charge is 0.481 e. The van der Waals surface area contributed by atoms with E-state index in [1.54, 1.807) is 18.9 Å². The zero-order valence-electron chi connectivity index (χ0n) is 10.3. The average molecular weight is 244 g/mol. The van der Waals surface area contributed by atoms with Crippen LogP contribution in [0.1, 0.15) is 26.2 Å². The Hall–Kier alpha value is -1.30. The highest BCUT2D eigenvalue weighted by Gasteiger charge is 2.32. The first-order valence-electron chi connectivity index (χ1n) is 5.83. The lowest BCUT2D eigenvalue weighted by atomic mass is 10.1. The third-order valence-corrected chi connectivity index (χ3v) is 2.90. The van der Waals surface area contributed by atoms with Gasteiger partial charge in [-0.25, -0.2) is 4.79 Å². The zero-order chi connectivity index (χ0) is 13.0. The van der Waals surface area contributed by atoms with Gasteiger partial charge < -0.3 is 20.0 Å². The van der Waals surface area contributed by atoms with E-state index in [0.717, 1.165) is 12.8 Å². The molecule has 98 valence electrons. The first-order chi connectivity index (χ1) is 7.91. The predicted molar refractivity (Wildman–Crippen MR) is 61.7 cm³/mol. The van der Waals surface area contributed by atoms with Crippen LogP contribution >= 0.6 is 0 Å². The van der Waals surface area contributed by atoms with Gasteiger partial charge in [-0.3, -0.25) is 4.79 Å². The second-order valence-corrected chi connectivity index (χ2v) is 4.60. The van der Waals surface area contributed by atoms with Crippen molar-refractivity contribution in [2.45, 2.75) is 38.3 Å². The molecule has 6 nitrogen and oxygen atoms in total. The second kappa shape index (κ2) is 5.86. The van der Waals surface area contributed by atoms with Crippen molar-refractivity contribution in [1.82, 2.24) is 9.80 Å². The van der Waals surface area contributed by atoms with Crippen LogP contribution in [0.25, 0.3) is 0 Å². The molecule has 0 aromatic rings. The van der Waals surface area contributed by atoms with E-state index in [1.807, 2.05) is 0 Å². The first-order valence-corrected chi connectivity index (χ1v) is 5.83. The number of nitrogens with zero attached hydrogens (tertiary/aromatic N) is 2. The fourth-order valence-corrected chi connectivity index (χ4v) is 2.20. The van der Waals surface area contributed by atoms with E-state index < -0.39 is 12.1 Å². The molecule has 0 spiro atoms. The molecule has 0 radical (unpaired) electrons. The minimum atomic E-state index is -0.882. The number of rotatable bonds is 4. The molecule has 1 aliphatic rings. The monoisotopic (exact) mass is 244 g/mol. The fourth-order valence-electron chi connectivity index (χ4n) is 2.20. The van der Waals surface area contributed by atoms with Gasteiger partial charge in [-0.05, 0) is 19.8 Å². The fraction of sp³-hybridized carbons (Fsp3) is 0.818. The summed E-state index contributed by atoms with van der Waals surface area (Å²) in [4.78, 5) is 25.7. The number of aliphatic hydroxyl groups excluding tert-OH is 1. The Morgan fingerprint density at radius 3 is 2.71 bits per heavy atom. The van der Waals surface area contributed by atoms with Crippen LogP contribution in [0.2, 0.25) is 0 Å². The summed E-state index contributed by atoms with van der Waals surface area (Å²) in [5.74, 6) is -0.882. The molecule has 17 heavy (non-hydrogen) atoms. The van der Waals surface area contributed by atoms with Crippen LogP contribution in [-0.2, 0) is 4.79 Å². The summed E-state index contributed by atoms with van der Waals surface area (Å²) < 4.78 is 0. The van der Waals surface area contributed by atoms with Crippen LogP contribution in [0, 0.1) is 0 Å². The number of likely N-dealkylation sites (tertiary alicyclic amines) is 1. The van der Waals surface area contributed by atoms with Gasteiger partial charge in [0.1, 0.15) is 0 Å². The number of carbonyl (C=O) groups is 2. The van der Waals surface area contributed by atoms with Crippen LogP contribution in [0.4, 0.5) is 4.79 Å². The molecule has 0 bridgehead atoms. The maximum atomic E-state index is 12.0. The molecule has 2 unspecified atom stereocenters. The number of hydrogen-bond acceptors (Lipinski definition) is 3. The molecule has 1 fully saturated rings. The standard InChI is InChI=1S/C11H20N2O4/c1-8(14)7-12(2)11(17)13-5-3-4-9(13)6-10(15)16/h8-9,14H,3-7H2,1-2H3,(H,15,16). The number of carboxylic acid groups (broad SMARTS) is 1. The molecule has 1 rings (SSSR count). The van der Waals surface area contributed by atoms with Crippen molar-refractivity contribution >= 4 is 12.0 Å². The molecular formula is C11H20N2O4. The number of amides is 2. The molecule has 0 aromatic carbocycles. The van der Waals surface area contributed by atoms with Crippen LogP contribution in [0.5, 0.6) is 0 Å². The summed E-state index contributed by atoms with van der Waals surface area (Å²) in [5.41, 5.74) is 0. The van der Waals surface area contributed by atoms with Gasteiger partial charge in [-0.1, -0.05) is 0 Å².